The Hall–Kier alpha value is -0.980. The number of hydrogen-bond donors (Lipinski definition) is 2. The first-order chi connectivity index (χ1) is 8.86. The van der Waals surface area contributed by atoms with Crippen molar-refractivity contribution in [2.75, 3.05) is 6.54 Å². The van der Waals surface area contributed by atoms with Crippen molar-refractivity contribution in [3.63, 3.8) is 0 Å². The molecule has 1 fully saturated rings. The summed E-state index contributed by atoms with van der Waals surface area (Å²) in [7, 11) is -3.56. The summed E-state index contributed by atoms with van der Waals surface area (Å²) in [4.78, 5) is 0.120. The minimum Gasteiger partial charge on any atom is -0.313 e. The van der Waals surface area contributed by atoms with Gasteiger partial charge in [0.2, 0.25) is 10.0 Å². The molecule has 19 heavy (non-hydrogen) atoms. The van der Waals surface area contributed by atoms with Gasteiger partial charge in [0, 0.05) is 17.6 Å². The third kappa shape index (κ3) is 3.52. The highest BCUT2D eigenvalue weighted by molar-refractivity contribution is 7.89. The number of nitrogens with one attached hydrogen (secondary N) is 2. The van der Waals surface area contributed by atoms with E-state index in [4.69, 9.17) is 0 Å². The molecule has 0 aromatic heterocycles. The van der Waals surface area contributed by atoms with E-state index in [-0.39, 0.29) is 10.4 Å². The largest absolute Gasteiger partial charge is 0.313 e. The third-order valence-electron chi connectivity index (χ3n) is 3.27. The van der Waals surface area contributed by atoms with Crippen molar-refractivity contribution in [2.24, 2.45) is 0 Å². The van der Waals surface area contributed by atoms with E-state index in [9.17, 15) is 12.8 Å². The van der Waals surface area contributed by atoms with Crippen LogP contribution in [0.2, 0.25) is 0 Å². The van der Waals surface area contributed by atoms with Crippen LogP contribution in [0.5, 0.6) is 0 Å². The molecule has 106 valence electrons. The second kappa shape index (κ2) is 5.19. The predicted octanol–water partition coefficient (Wildman–Crippen LogP) is 1.77. The molecule has 0 bridgehead atoms. The first-order valence-electron chi connectivity index (χ1n) is 6.39. The summed E-state index contributed by atoms with van der Waals surface area (Å²) >= 11 is 0. The minimum absolute atomic E-state index is 0.120. The summed E-state index contributed by atoms with van der Waals surface area (Å²) in [6, 6.07) is 3.90. The SMILES string of the molecule is CCNCc1cc(S(=O)(=O)NC2(C)CC2)ccc1F. The molecule has 0 radical (unpaired) electrons. The molecular weight excluding hydrogens is 267 g/mol. The van der Waals surface area contributed by atoms with E-state index in [0.29, 0.717) is 18.7 Å². The van der Waals surface area contributed by atoms with Crippen LogP contribution in [0.1, 0.15) is 32.3 Å². The number of sulfonamides is 1. The first kappa shape index (κ1) is 14.4. The van der Waals surface area contributed by atoms with E-state index < -0.39 is 15.8 Å². The van der Waals surface area contributed by atoms with Crippen LogP contribution in [0.3, 0.4) is 0 Å². The smallest absolute Gasteiger partial charge is 0.241 e. The van der Waals surface area contributed by atoms with E-state index in [1.54, 1.807) is 0 Å². The van der Waals surface area contributed by atoms with Gasteiger partial charge in [0.15, 0.2) is 0 Å². The van der Waals surface area contributed by atoms with Gasteiger partial charge in [-0.1, -0.05) is 6.92 Å². The van der Waals surface area contributed by atoms with Crippen molar-refractivity contribution in [3.8, 4) is 0 Å². The molecule has 2 N–H and O–H groups in total. The van der Waals surface area contributed by atoms with E-state index in [1.807, 2.05) is 13.8 Å². The molecule has 0 aliphatic heterocycles. The van der Waals surface area contributed by atoms with Gasteiger partial charge in [-0.15, -0.1) is 0 Å². The molecule has 0 saturated heterocycles. The van der Waals surface area contributed by atoms with Gasteiger partial charge >= 0.3 is 0 Å². The van der Waals surface area contributed by atoms with Gasteiger partial charge in [0.1, 0.15) is 5.82 Å². The average molecular weight is 286 g/mol. The van der Waals surface area contributed by atoms with Crippen molar-refractivity contribution >= 4 is 10.0 Å². The lowest BCUT2D eigenvalue weighted by molar-refractivity contribution is 0.556. The van der Waals surface area contributed by atoms with E-state index in [2.05, 4.69) is 10.0 Å². The van der Waals surface area contributed by atoms with Gasteiger partial charge in [0.05, 0.1) is 4.90 Å². The van der Waals surface area contributed by atoms with Gasteiger partial charge in [-0.3, -0.25) is 0 Å². The number of halogens is 1. The van der Waals surface area contributed by atoms with E-state index >= 15 is 0 Å². The topological polar surface area (TPSA) is 58.2 Å². The number of benzene rings is 1. The lowest BCUT2D eigenvalue weighted by Crippen LogP contribution is -2.34. The maximum absolute atomic E-state index is 13.6. The highest BCUT2D eigenvalue weighted by atomic mass is 32.2. The summed E-state index contributed by atoms with van der Waals surface area (Å²) in [6.07, 6.45) is 1.69. The second-order valence-electron chi connectivity index (χ2n) is 5.20. The van der Waals surface area contributed by atoms with Gasteiger partial charge in [-0.25, -0.2) is 17.5 Å². The summed E-state index contributed by atoms with van der Waals surface area (Å²) < 4.78 is 40.6. The molecule has 4 nitrogen and oxygen atoms in total. The molecule has 1 aliphatic carbocycles. The van der Waals surface area contributed by atoms with Crippen LogP contribution >= 0.6 is 0 Å². The standard InChI is InChI=1S/C13H19FN2O2S/c1-3-15-9-10-8-11(4-5-12(10)14)19(17,18)16-13(2)6-7-13/h4-5,8,15-16H,3,6-7,9H2,1-2H3. The maximum atomic E-state index is 13.6. The Morgan fingerprint density at radius 2 is 2.05 bits per heavy atom. The maximum Gasteiger partial charge on any atom is 0.241 e. The highest BCUT2D eigenvalue weighted by Gasteiger charge is 2.41. The summed E-state index contributed by atoms with van der Waals surface area (Å²) in [5, 5.41) is 2.99. The van der Waals surface area contributed by atoms with Crippen molar-refractivity contribution in [1.29, 1.82) is 0 Å². The summed E-state index contributed by atoms with van der Waals surface area (Å²) in [5.41, 5.74) is 0.0420. The molecule has 0 amide bonds. The Labute approximate surface area is 113 Å². The fourth-order valence-electron chi connectivity index (χ4n) is 1.79. The summed E-state index contributed by atoms with van der Waals surface area (Å²) in [6.45, 7) is 4.80. The van der Waals surface area contributed by atoms with Crippen molar-refractivity contribution in [1.82, 2.24) is 10.0 Å². The molecule has 1 aromatic rings. The molecule has 0 heterocycles. The van der Waals surface area contributed by atoms with Gasteiger partial charge in [-0.05, 0) is 44.5 Å². The van der Waals surface area contributed by atoms with Crippen LogP contribution in [0.4, 0.5) is 4.39 Å². The molecule has 6 heteroatoms. The van der Waals surface area contributed by atoms with Crippen LogP contribution in [0, 0.1) is 5.82 Å². The Kier molecular flexibility index (Phi) is 3.94. The Bertz CT molecular complexity index is 568. The van der Waals surface area contributed by atoms with Crippen LogP contribution in [0.25, 0.3) is 0 Å². The van der Waals surface area contributed by atoms with Crippen molar-refractivity contribution in [3.05, 3.63) is 29.6 Å². The third-order valence-corrected chi connectivity index (χ3v) is 4.91. The fraction of sp³-hybridized carbons (Fsp3) is 0.538. The number of hydrogen-bond acceptors (Lipinski definition) is 3. The van der Waals surface area contributed by atoms with Crippen molar-refractivity contribution in [2.45, 2.75) is 43.7 Å². The zero-order chi connectivity index (χ0) is 14.1. The number of rotatable bonds is 6. The summed E-state index contributed by atoms with van der Waals surface area (Å²) in [5.74, 6) is -0.391. The van der Waals surface area contributed by atoms with Crippen LogP contribution in [-0.2, 0) is 16.6 Å². The van der Waals surface area contributed by atoms with E-state index in [0.717, 1.165) is 12.8 Å². The Morgan fingerprint density at radius 1 is 1.37 bits per heavy atom. The Balaban J connectivity index is 2.24. The normalized spacial score (nSPS) is 17.4. The van der Waals surface area contributed by atoms with Crippen LogP contribution < -0.4 is 10.0 Å². The average Bonchev–Trinajstić information content (AvgIpc) is 3.04. The molecule has 0 spiro atoms. The molecule has 0 atom stereocenters. The second-order valence-corrected chi connectivity index (χ2v) is 6.88. The first-order valence-corrected chi connectivity index (χ1v) is 7.88. The lowest BCUT2D eigenvalue weighted by atomic mass is 10.2. The fourth-order valence-corrected chi connectivity index (χ4v) is 3.30. The molecule has 2 rings (SSSR count). The van der Waals surface area contributed by atoms with Crippen molar-refractivity contribution < 1.29 is 12.8 Å². The molecular formula is C13H19FN2O2S. The van der Waals surface area contributed by atoms with Crippen LogP contribution in [-0.4, -0.2) is 20.5 Å². The quantitative estimate of drug-likeness (QED) is 0.838. The lowest BCUT2D eigenvalue weighted by Gasteiger charge is -2.13. The molecule has 1 aliphatic rings. The monoisotopic (exact) mass is 286 g/mol. The van der Waals surface area contributed by atoms with Gasteiger partial charge in [0.25, 0.3) is 0 Å². The minimum atomic E-state index is -3.56. The molecule has 0 unspecified atom stereocenters. The van der Waals surface area contributed by atoms with E-state index in [1.165, 1.54) is 18.2 Å². The van der Waals surface area contributed by atoms with Crippen LogP contribution in [0.15, 0.2) is 23.1 Å². The molecule has 1 saturated carbocycles. The Morgan fingerprint density at radius 3 is 2.63 bits per heavy atom. The van der Waals surface area contributed by atoms with Gasteiger partial charge in [-0.2, -0.15) is 0 Å². The zero-order valence-corrected chi connectivity index (χ0v) is 12.0. The predicted molar refractivity (Wildman–Crippen MR) is 71.7 cm³/mol. The highest BCUT2D eigenvalue weighted by Crippen LogP contribution is 2.36. The van der Waals surface area contributed by atoms with Gasteiger partial charge < -0.3 is 5.32 Å². The molecule has 1 aromatic carbocycles. The zero-order valence-electron chi connectivity index (χ0n) is 11.2.